The SMILES string of the molecule is C=C(CNC)OCCS. The first-order valence-corrected chi connectivity index (χ1v) is 3.50. The lowest BCUT2D eigenvalue weighted by Crippen LogP contribution is -2.12. The second kappa shape index (κ2) is 5.98. The van der Waals surface area contributed by atoms with E-state index in [1.165, 1.54) is 0 Å². The van der Waals surface area contributed by atoms with Crippen molar-refractivity contribution >= 4 is 12.6 Å². The molecule has 0 aromatic carbocycles. The molecule has 0 saturated carbocycles. The Bertz CT molecular complexity index is 85.1. The largest absolute Gasteiger partial charge is 0.496 e. The fraction of sp³-hybridized carbons (Fsp3) is 0.667. The van der Waals surface area contributed by atoms with Crippen LogP contribution in [0.3, 0.4) is 0 Å². The van der Waals surface area contributed by atoms with Crippen molar-refractivity contribution in [1.29, 1.82) is 0 Å². The maximum absolute atomic E-state index is 5.10. The van der Waals surface area contributed by atoms with Gasteiger partial charge >= 0.3 is 0 Å². The number of thiol groups is 1. The smallest absolute Gasteiger partial charge is 0.103 e. The normalized spacial score (nSPS) is 9.11. The number of hydrogen-bond acceptors (Lipinski definition) is 3. The number of hydrogen-bond donors (Lipinski definition) is 2. The van der Waals surface area contributed by atoms with Crippen molar-refractivity contribution in [2.24, 2.45) is 0 Å². The highest BCUT2D eigenvalue weighted by molar-refractivity contribution is 7.80. The Kier molecular flexibility index (Phi) is 5.88. The van der Waals surface area contributed by atoms with Gasteiger partial charge in [0.15, 0.2) is 0 Å². The Morgan fingerprint density at radius 3 is 2.89 bits per heavy atom. The Morgan fingerprint density at radius 2 is 2.44 bits per heavy atom. The van der Waals surface area contributed by atoms with Gasteiger partial charge < -0.3 is 10.1 Å². The fourth-order valence-electron chi connectivity index (χ4n) is 0.438. The molecule has 0 aliphatic heterocycles. The molecule has 0 bridgehead atoms. The summed E-state index contributed by atoms with van der Waals surface area (Å²) in [5.74, 6) is 1.51. The molecule has 0 aromatic heterocycles. The van der Waals surface area contributed by atoms with Gasteiger partial charge in [-0.1, -0.05) is 6.58 Å². The molecular weight excluding hydrogens is 134 g/mol. The molecular formula is C6H13NOS. The molecule has 54 valence electrons. The van der Waals surface area contributed by atoms with E-state index in [4.69, 9.17) is 4.74 Å². The van der Waals surface area contributed by atoms with E-state index in [0.717, 1.165) is 11.5 Å². The molecule has 0 aliphatic carbocycles. The second-order valence-electron chi connectivity index (χ2n) is 1.64. The predicted molar refractivity (Wildman–Crippen MR) is 42.9 cm³/mol. The summed E-state index contributed by atoms with van der Waals surface area (Å²) in [5.41, 5.74) is 0. The second-order valence-corrected chi connectivity index (χ2v) is 2.09. The van der Waals surface area contributed by atoms with Gasteiger partial charge in [0.25, 0.3) is 0 Å². The van der Waals surface area contributed by atoms with Crippen molar-refractivity contribution in [3.8, 4) is 0 Å². The van der Waals surface area contributed by atoms with Gasteiger partial charge in [-0.3, -0.25) is 0 Å². The molecule has 0 aliphatic rings. The third kappa shape index (κ3) is 5.73. The highest BCUT2D eigenvalue weighted by Crippen LogP contribution is 1.90. The first kappa shape index (κ1) is 8.85. The molecule has 0 heterocycles. The molecule has 3 heteroatoms. The highest BCUT2D eigenvalue weighted by Gasteiger charge is 1.88. The minimum Gasteiger partial charge on any atom is -0.496 e. The minimum absolute atomic E-state index is 0.642. The van der Waals surface area contributed by atoms with Crippen LogP contribution in [0.15, 0.2) is 12.3 Å². The zero-order valence-corrected chi connectivity index (χ0v) is 6.58. The fourth-order valence-corrected chi connectivity index (χ4v) is 0.529. The molecule has 0 unspecified atom stereocenters. The van der Waals surface area contributed by atoms with E-state index in [0.29, 0.717) is 13.2 Å². The molecule has 0 radical (unpaired) electrons. The van der Waals surface area contributed by atoms with Gasteiger partial charge in [-0.2, -0.15) is 12.6 Å². The summed E-state index contributed by atoms with van der Waals surface area (Å²) in [5, 5.41) is 2.93. The van der Waals surface area contributed by atoms with E-state index in [-0.39, 0.29) is 0 Å². The predicted octanol–water partition coefficient (Wildman–Crippen LogP) is 0.666. The van der Waals surface area contributed by atoms with Crippen LogP contribution >= 0.6 is 12.6 Å². The summed E-state index contributed by atoms with van der Waals surface area (Å²) in [6.45, 7) is 5.02. The van der Waals surface area contributed by atoms with E-state index in [2.05, 4.69) is 24.5 Å². The molecule has 0 rings (SSSR count). The van der Waals surface area contributed by atoms with Crippen molar-refractivity contribution in [2.45, 2.75) is 0 Å². The van der Waals surface area contributed by atoms with Gasteiger partial charge in [0.2, 0.25) is 0 Å². The van der Waals surface area contributed by atoms with Crippen LogP contribution in [0, 0.1) is 0 Å². The maximum atomic E-state index is 5.10. The Morgan fingerprint density at radius 1 is 1.78 bits per heavy atom. The zero-order chi connectivity index (χ0) is 7.11. The summed E-state index contributed by atoms with van der Waals surface area (Å²) >= 11 is 3.98. The summed E-state index contributed by atoms with van der Waals surface area (Å²) in [4.78, 5) is 0. The molecule has 0 aromatic rings. The molecule has 2 nitrogen and oxygen atoms in total. The van der Waals surface area contributed by atoms with Gasteiger partial charge in [-0.05, 0) is 7.05 Å². The summed E-state index contributed by atoms with van der Waals surface area (Å²) in [6, 6.07) is 0. The molecule has 0 saturated heterocycles. The molecule has 0 atom stereocenters. The van der Waals surface area contributed by atoms with Crippen molar-refractivity contribution in [3.05, 3.63) is 12.3 Å². The van der Waals surface area contributed by atoms with E-state index in [1.807, 2.05) is 7.05 Å². The summed E-state index contributed by atoms with van der Waals surface area (Å²) in [6.07, 6.45) is 0. The molecule has 9 heavy (non-hydrogen) atoms. The van der Waals surface area contributed by atoms with Crippen LogP contribution < -0.4 is 5.32 Å². The van der Waals surface area contributed by atoms with Crippen LogP contribution in [-0.2, 0) is 4.74 Å². The number of rotatable bonds is 5. The molecule has 0 spiro atoms. The third-order valence-electron chi connectivity index (χ3n) is 0.771. The number of ether oxygens (including phenoxy) is 1. The average Bonchev–Trinajstić information content (AvgIpc) is 1.85. The van der Waals surface area contributed by atoms with Gasteiger partial charge in [0, 0.05) is 5.75 Å². The number of nitrogens with one attached hydrogen (secondary N) is 1. The van der Waals surface area contributed by atoms with Crippen molar-refractivity contribution < 1.29 is 4.74 Å². The number of likely N-dealkylation sites (N-methyl/N-ethyl adjacent to an activating group) is 1. The topological polar surface area (TPSA) is 21.3 Å². The van der Waals surface area contributed by atoms with Crippen LogP contribution in [-0.4, -0.2) is 26.0 Å². The van der Waals surface area contributed by atoms with Crippen LogP contribution in [0.4, 0.5) is 0 Å². The lowest BCUT2D eigenvalue weighted by atomic mass is 10.5. The van der Waals surface area contributed by atoms with Crippen molar-refractivity contribution in [1.82, 2.24) is 5.32 Å². The standard InChI is InChI=1S/C6H13NOS/c1-6(5-7-2)8-3-4-9/h7,9H,1,3-5H2,2H3. The zero-order valence-electron chi connectivity index (χ0n) is 5.68. The van der Waals surface area contributed by atoms with Crippen LogP contribution in [0.25, 0.3) is 0 Å². The van der Waals surface area contributed by atoms with Gasteiger partial charge in [0.1, 0.15) is 5.76 Å². The van der Waals surface area contributed by atoms with Crippen molar-refractivity contribution in [3.63, 3.8) is 0 Å². The maximum Gasteiger partial charge on any atom is 0.103 e. The van der Waals surface area contributed by atoms with Crippen LogP contribution in [0.5, 0.6) is 0 Å². The molecule has 0 amide bonds. The van der Waals surface area contributed by atoms with Gasteiger partial charge in [0.05, 0.1) is 13.2 Å². The lowest BCUT2D eigenvalue weighted by Gasteiger charge is -2.05. The first-order valence-electron chi connectivity index (χ1n) is 2.87. The highest BCUT2D eigenvalue weighted by atomic mass is 32.1. The molecule has 1 N–H and O–H groups in total. The van der Waals surface area contributed by atoms with Gasteiger partial charge in [-0.15, -0.1) is 0 Å². The van der Waals surface area contributed by atoms with Crippen molar-refractivity contribution in [2.75, 3.05) is 26.0 Å². The van der Waals surface area contributed by atoms with Gasteiger partial charge in [-0.25, -0.2) is 0 Å². The minimum atomic E-state index is 0.642. The summed E-state index contributed by atoms with van der Waals surface area (Å²) in [7, 11) is 1.86. The Labute approximate surface area is 61.7 Å². The van der Waals surface area contributed by atoms with E-state index in [9.17, 15) is 0 Å². The third-order valence-corrected chi connectivity index (χ3v) is 0.954. The Hall–Kier alpha value is -0.150. The van der Waals surface area contributed by atoms with Crippen LogP contribution in [0.1, 0.15) is 0 Å². The van der Waals surface area contributed by atoms with E-state index >= 15 is 0 Å². The van der Waals surface area contributed by atoms with E-state index < -0.39 is 0 Å². The Balaban J connectivity index is 3.06. The molecule has 0 fully saturated rings. The average molecular weight is 147 g/mol. The first-order chi connectivity index (χ1) is 4.31. The lowest BCUT2D eigenvalue weighted by molar-refractivity contribution is 0.227. The van der Waals surface area contributed by atoms with Crippen LogP contribution in [0.2, 0.25) is 0 Å². The monoisotopic (exact) mass is 147 g/mol. The quantitative estimate of drug-likeness (QED) is 0.440. The van der Waals surface area contributed by atoms with E-state index in [1.54, 1.807) is 0 Å². The summed E-state index contributed by atoms with van der Waals surface area (Å²) < 4.78 is 5.10.